The summed E-state index contributed by atoms with van der Waals surface area (Å²) in [5.74, 6) is 0.871. The van der Waals surface area contributed by atoms with E-state index in [2.05, 4.69) is 60.6 Å². The second kappa shape index (κ2) is 9.06. The van der Waals surface area contributed by atoms with Gasteiger partial charge < -0.3 is 9.84 Å². The van der Waals surface area contributed by atoms with Crippen molar-refractivity contribution in [3.05, 3.63) is 59.2 Å². The number of hydrogen-bond donors (Lipinski definition) is 1. The van der Waals surface area contributed by atoms with E-state index in [-0.39, 0.29) is 39.1 Å². The molecule has 1 aromatic carbocycles. The van der Waals surface area contributed by atoms with Crippen molar-refractivity contribution < 1.29 is 14.6 Å². The first-order valence-electron chi connectivity index (χ1n) is 16.0. The predicted octanol–water partition coefficient (Wildman–Crippen LogP) is 8.93. The summed E-state index contributed by atoms with van der Waals surface area (Å²) in [5, 5.41) is 10.9. The minimum atomic E-state index is -0.211. The lowest BCUT2D eigenvalue weighted by Gasteiger charge is -2.69. The summed E-state index contributed by atoms with van der Waals surface area (Å²) in [4.78, 5) is 12.8. The van der Waals surface area contributed by atoms with E-state index in [1.54, 1.807) is 11.1 Å². The summed E-state index contributed by atoms with van der Waals surface area (Å²) < 4.78 is 5.98. The lowest BCUT2D eigenvalue weighted by molar-refractivity contribution is -0.150. The highest BCUT2D eigenvalue weighted by Gasteiger charge is 2.66. The van der Waals surface area contributed by atoms with Gasteiger partial charge in [-0.3, -0.25) is 0 Å². The quantitative estimate of drug-likeness (QED) is 0.386. The molecular formula is C37H52O3. The van der Waals surface area contributed by atoms with E-state index in [4.69, 9.17) is 4.74 Å². The number of rotatable bonds is 3. The molecule has 3 nitrogen and oxygen atoms in total. The molecule has 218 valence electrons. The lowest BCUT2D eigenvalue weighted by Crippen LogP contribution is -2.61. The molecular weight excluding hydrogens is 492 g/mol. The van der Waals surface area contributed by atoms with Crippen LogP contribution >= 0.6 is 0 Å². The fourth-order valence-electron chi connectivity index (χ4n) is 10.7. The number of fused-ring (bicyclic) bond motifs is 7. The number of carbonyl (C=O) groups excluding carboxylic acids is 1. The van der Waals surface area contributed by atoms with Crippen molar-refractivity contribution in [3.63, 3.8) is 0 Å². The summed E-state index contributed by atoms with van der Waals surface area (Å²) in [6, 6.07) is 9.43. The van der Waals surface area contributed by atoms with E-state index >= 15 is 0 Å². The van der Waals surface area contributed by atoms with Crippen LogP contribution in [-0.2, 0) is 4.74 Å². The molecule has 40 heavy (non-hydrogen) atoms. The Balaban J connectivity index is 1.30. The number of hydrogen-bond acceptors (Lipinski definition) is 3. The first-order chi connectivity index (χ1) is 18.7. The van der Waals surface area contributed by atoms with Gasteiger partial charge in [0.25, 0.3) is 0 Å². The number of esters is 1. The van der Waals surface area contributed by atoms with Crippen LogP contribution in [0.1, 0.15) is 117 Å². The molecule has 0 bridgehead atoms. The molecule has 3 heteroatoms. The van der Waals surface area contributed by atoms with Crippen molar-refractivity contribution in [2.75, 3.05) is 6.61 Å². The highest BCUT2D eigenvalue weighted by atomic mass is 16.5. The minimum Gasteiger partial charge on any atom is -0.462 e. The van der Waals surface area contributed by atoms with Gasteiger partial charge in [0.15, 0.2) is 0 Å². The van der Waals surface area contributed by atoms with Gasteiger partial charge in [-0.2, -0.15) is 0 Å². The van der Waals surface area contributed by atoms with Crippen LogP contribution in [0, 0.1) is 44.3 Å². The molecule has 0 aromatic heterocycles. The van der Waals surface area contributed by atoms with Gasteiger partial charge in [-0.25, -0.2) is 4.79 Å². The van der Waals surface area contributed by atoms with Crippen LogP contribution in [0.3, 0.4) is 0 Å². The number of benzene rings is 1. The van der Waals surface area contributed by atoms with Crippen LogP contribution in [0.2, 0.25) is 0 Å². The van der Waals surface area contributed by atoms with Crippen LogP contribution in [-0.4, -0.2) is 23.8 Å². The number of carbonyl (C=O) groups is 1. The zero-order valence-corrected chi connectivity index (χ0v) is 26.1. The zero-order chi connectivity index (χ0) is 28.8. The van der Waals surface area contributed by atoms with Gasteiger partial charge in [-0.1, -0.05) is 78.8 Å². The molecule has 0 saturated heterocycles. The van der Waals surface area contributed by atoms with Gasteiger partial charge in [0.1, 0.15) is 0 Å². The maximum Gasteiger partial charge on any atom is 0.338 e. The van der Waals surface area contributed by atoms with Crippen molar-refractivity contribution in [1.29, 1.82) is 0 Å². The first kappa shape index (κ1) is 28.3. The third kappa shape index (κ3) is 3.89. The second-order valence-electron chi connectivity index (χ2n) is 16.4. The topological polar surface area (TPSA) is 46.5 Å². The molecule has 0 radical (unpaired) electrons. The molecule has 1 aromatic rings. The zero-order valence-electron chi connectivity index (χ0n) is 26.1. The molecule has 0 heterocycles. The average Bonchev–Trinajstić information content (AvgIpc) is 2.92. The fraction of sp³-hybridized carbons (Fsp3) is 0.703. The Bertz CT molecular complexity index is 1240. The van der Waals surface area contributed by atoms with Gasteiger partial charge in [0.05, 0.1) is 18.3 Å². The van der Waals surface area contributed by atoms with Gasteiger partial charge in [-0.15, -0.1) is 0 Å². The van der Waals surface area contributed by atoms with E-state index in [9.17, 15) is 9.90 Å². The second-order valence-corrected chi connectivity index (χ2v) is 16.4. The summed E-state index contributed by atoms with van der Waals surface area (Å²) in [6.45, 7) is 17.7. The lowest BCUT2D eigenvalue weighted by atomic mass is 9.36. The van der Waals surface area contributed by atoms with Crippen LogP contribution in [0.15, 0.2) is 53.6 Å². The molecule has 1 N–H and O–H groups in total. The maximum atomic E-state index is 12.8. The highest BCUT2D eigenvalue weighted by molar-refractivity contribution is 5.89. The summed E-state index contributed by atoms with van der Waals surface area (Å²) >= 11 is 0. The molecule has 0 spiro atoms. The Labute approximate surface area is 242 Å². The molecule has 0 unspecified atom stereocenters. The van der Waals surface area contributed by atoms with Crippen molar-refractivity contribution in [1.82, 2.24) is 0 Å². The van der Waals surface area contributed by atoms with Crippen molar-refractivity contribution in [3.8, 4) is 0 Å². The largest absolute Gasteiger partial charge is 0.462 e. The SMILES string of the molecule is CC1(C)[C@H](O)CC[C@]2(C)C3=CC[C@@]4(C)[C@@H]5C[C@](C)(COC(=O)c6ccccc6)CC[C@]5(C)CC[C@]4(C)C3=CC[C@@H]12. The average molecular weight is 545 g/mol. The fourth-order valence-corrected chi connectivity index (χ4v) is 10.7. The summed E-state index contributed by atoms with van der Waals surface area (Å²) in [7, 11) is 0. The molecule has 8 atom stereocenters. The normalized spacial score (nSPS) is 45.5. The molecule has 0 aliphatic heterocycles. The highest BCUT2D eigenvalue weighted by Crippen LogP contribution is 2.74. The molecule has 3 saturated carbocycles. The van der Waals surface area contributed by atoms with Crippen LogP contribution in [0.5, 0.6) is 0 Å². The molecule has 5 aliphatic carbocycles. The smallest absolute Gasteiger partial charge is 0.338 e. The van der Waals surface area contributed by atoms with Gasteiger partial charge in [-0.05, 0) is 120 Å². The maximum absolute atomic E-state index is 12.8. The van der Waals surface area contributed by atoms with Crippen molar-refractivity contribution in [2.24, 2.45) is 44.3 Å². The number of aliphatic hydroxyl groups excluding tert-OH is 1. The standard InChI is InChI=1S/C37H52O3/c1-32(2)28-14-13-27-26(35(28,5)17-16-30(32)38)15-18-37(7)29-23-33(3,19-20-34(29,4)21-22-36(27,37)6)24-40-31(39)25-11-9-8-10-12-25/h8-13,15,28-30,38H,14,16-24H2,1-7H3/t28-,29+,30+,33+,34+,35+,36+,37-/m0/s1. The van der Waals surface area contributed by atoms with E-state index in [1.807, 2.05) is 30.3 Å². The Morgan fingerprint density at radius 2 is 1.57 bits per heavy atom. The van der Waals surface area contributed by atoms with Crippen molar-refractivity contribution >= 4 is 5.97 Å². The van der Waals surface area contributed by atoms with Gasteiger partial charge in [0.2, 0.25) is 0 Å². The molecule has 6 rings (SSSR count). The van der Waals surface area contributed by atoms with Crippen molar-refractivity contribution in [2.45, 2.75) is 112 Å². The third-order valence-electron chi connectivity index (χ3n) is 13.9. The Hall–Kier alpha value is -1.87. The molecule has 0 amide bonds. The minimum absolute atomic E-state index is 0.00141. The van der Waals surface area contributed by atoms with Crippen LogP contribution < -0.4 is 0 Å². The Kier molecular flexibility index (Phi) is 6.40. The monoisotopic (exact) mass is 544 g/mol. The summed E-state index contributed by atoms with van der Waals surface area (Å²) in [6.07, 6.45) is 15.2. The third-order valence-corrected chi connectivity index (χ3v) is 13.9. The van der Waals surface area contributed by atoms with E-state index in [0.717, 1.165) is 38.5 Å². The number of aliphatic hydroxyl groups is 1. The predicted molar refractivity (Wildman–Crippen MR) is 162 cm³/mol. The van der Waals surface area contributed by atoms with E-state index in [1.165, 1.54) is 19.3 Å². The first-order valence-corrected chi connectivity index (χ1v) is 16.0. The Morgan fingerprint density at radius 3 is 2.30 bits per heavy atom. The van der Waals surface area contributed by atoms with Gasteiger partial charge in [0, 0.05) is 5.41 Å². The summed E-state index contributed by atoms with van der Waals surface area (Å²) in [5.41, 5.74) is 4.63. The number of ether oxygens (including phenoxy) is 1. The number of allylic oxidation sites excluding steroid dienone is 4. The van der Waals surface area contributed by atoms with E-state index < -0.39 is 0 Å². The van der Waals surface area contributed by atoms with Gasteiger partial charge >= 0.3 is 5.97 Å². The Morgan fingerprint density at radius 1 is 0.875 bits per heavy atom. The van der Waals surface area contributed by atoms with Crippen LogP contribution in [0.4, 0.5) is 0 Å². The molecule has 3 fully saturated rings. The van der Waals surface area contributed by atoms with Crippen LogP contribution in [0.25, 0.3) is 0 Å². The van der Waals surface area contributed by atoms with E-state index in [0.29, 0.717) is 29.4 Å². The molecule has 5 aliphatic rings.